The standard InChI is InChI=1S/C21H28N6O3S.HI/c1-24(2)20(28)15-23-21(22-14-17-5-7-18(8-6-17)27(29)30)26-11-9-25(10-12-26)16-19-4-3-13-31-19;/h3-8,13H,9-12,14-16H2,1-2H3,(H,22,23);1H. The van der Waals surface area contributed by atoms with Gasteiger partial charge in [0.25, 0.3) is 5.69 Å². The number of halogens is 1. The number of amides is 1. The number of thiophene rings is 1. The van der Waals surface area contributed by atoms with Gasteiger partial charge in [-0.25, -0.2) is 4.99 Å². The van der Waals surface area contributed by atoms with Gasteiger partial charge in [-0.15, -0.1) is 35.3 Å². The summed E-state index contributed by atoms with van der Waals surface area (Å²) >= 11 is 1.77. The average molecular weight is 572 g/mol. The van der Waals surface area contributed by atoms with Gasteiger partial charge < -0.3 is 15.1 Å². The summed E-state index contributed by atoms with van der Waals surface area (Å²) in [5.41, 5.74) is 0.935. The van der Waals surface area contributed by atoms with Crippen LogP contribution >= 0.6 is 35.3 Å². The quantitative estimate of drug-likeness (QED) is 0.180. The van der Waals surface area contributed by atoms with E-state index in [4.69, 9.17) is 4.99 Å². The number of guanidine groups is 1. The number of nitrogens with one attached hydrogen (secondary N) is 1. The number of hydrogen-bond donors (Lipinski definition) is 1. The molecule has 0 bridgehead atoms. The van der Waals surface area contributed by atoms with Gasteiger partial charge in [0.1, 0.15) is 0 Å². The molecule has 3 rings (SSSR count). The lowest BCUT2D eigenvalue weighted by molar-refractivity contribution is -0.384. The Morgan fingerprint density at radius 2 is 1.88 bits per heavy atom. The molecule has 1 aliphatic heterocycles. The Morgan fingerprint density at radius 3 is 2.44 bits per heavy atom. The minimum absolute atomic E-state index is 0. The maximum absolute atomic E-state index is 12.1. The fraction of sp³-hybridized carbons (Fsp3) is 0.429. The number of carbonyl (C=O) groups is 1. The van der Waals surface area contributed by atoms with Crippen LogP contribution in [0.3, 0.4) is 0 Å². The third kappa shape index (κ3) is 7.71. The van der Waals surface area contributed by atoms with Crippen LogP contribution in [-0.4, -0.2) is 78.3 Å². The molecule has 2 aromatic rings. The van der Waals surface area contributed by atoms with E-state index >= 15 is 0 Å². The normalized spacial score (nSPS) is 14.6. The first-order chi connectivity index (χ1) is 14.9. The van der Waals surface area contributed by atoms with E-state index in [1.807, 2.05) is 0 Å². The van der Waals surface area contributed by atoms with Crippen LogP contribution in [-0.2, 0) is 17.9 Å². The highest BCUT2D eigenvalue weighted by molar-refractivity contribution is 14.0. The molecule has 1 aromatic heterocycles. The molecule has 32 heavy (non-hydrogen) atoms. The fourth-order valence-corrected chi connectivity index (χ4v) is 3.96. The Kier molecular flexibility index (Phi) is 10.3. The molecule has 1 N–H and O–H groups in total. The van der Waals surface area contributed by atoms with Crippen LogP contribution < -0.4 is 5.32 Å². The van der Waals surface area contributed by atoms with E-state index in [1.54, 1.807) is 42.5 Å². The molecule has 0 spiro atoms. The molecule has 1 amide bonds. The van der Waals surface area contributed by atoms with Crippen LogP contribution in [0, 0.1) is 10.1 Å². The van der Waals surface area contributed by atoms with Gasteiger partial charge in [-0.05, 0) is 17.0 Å². The largest absolute Gasteiger partial charge is 0.347 e. The Hall–Kier alpha value is -2.25. The Balaban J connectivity index is 0.00000363. The molecular weight excluding hydrogens is 543 g/mol. The number of non-ortho nitro benzene ring substituents is 1. The second-order valence-electron chi connectivity index (χ2n) is 7.55. The molecule has 174 valence electrons. The lowest BCUT2D eigenvalue weighted by atomic mass is 10.2. The second-order valence-corrected chi connectivity index (χ2v) is 8.58. The summed E-state index contributed by atoms with van der Waals surface area (Å²) in [5.74, 6) is 0.656. The van der Waals surface area contributed by atoms with Crippen molar-refractivity contribution in [2.45, 2.75) is 13.1 Å². The molecule has 2 heterocycles. The maximum Gasteiger partial charge on any atom is 0.269 e. The number of nitro groups is 1. The van der Waals surface area contributed by atoms with Crippen molar-refractivity contribution in [1.82, 2.24) is 20.0 Å². The Bertz CT molecular complexity index is 897. The SMILES string of the molecule is CN(C)C(=O)CNC(=NCc1ccc([N+](=O)[O-])cc1)N1CCN(Cc2cccs2)CC1.I. The monoisotopic (exact) mass is 572 g/mol. The molecule has 0 unspecified atom stereocenters. The van der Waals surface area contributed by atoms with Crippen molar-refractivity contribution in [3.8, 4) is 0 Å². The lowest BCUT2D eigenvalue weighted by Crippen LogP contribution is -2.53. The molecule has 1 aromatic carbocycles. The molecular formula is C21H29IN6O3S. The molecule has 0 saturated carbocycles. The van der Waals surface area contributed by atoms with E-state index < -0.39 is 4.92 Å². The summed E-state index contributed by atoms with van der Waals surface area (Å²) in [4.78, 5) is 34.7. The number of aliphatic imine (C=N–C) groups is 1. The summed E-state index contributed by atoms with van der Waals surface area (Å²) in [6.45, 7) is 4.96. The predicted octanol–water partition coefficient (Wildman–Crippen LogP) is 2.63. The summed E-state index contributed by atoms with van der Waals surface area (Å²) in [5, 5.41) is 16.1. The first-order valence-corrected chi connectivity index (χ1v) is 11.0. The molecule has 11 heteroatoms. The van der Waals surface area contributed by atoms with Gasteiger partial charge in [0.05, 0.1) is 18.0 Å². The van der Waals surface area contributed by atoms with Crippen molar-refractivity contribution in [3.63, 3.8) is 0 Å². The van der Waals surface area contributed by atoms with E-state index in [1.165, 1.54) is 17.0 Å². The Labute approximate surface area is 209 Å². The third-order valence-corrected chi connectivity index (χ3v) is 5.95. The van der Waals surface area contributed by atoms with Gasteiger partial charge in [0, 0.05) is 63.8 Å². The van der Waals surface area contributed by atoms with Crippen molar-refractivity contribution in [2.24, 2.45) is 4.99 Å². The van der Waals surface area contributed by atoms with Crippen molar-refractivity contribution >= 4 is 52.9 Å². The van der Waals surface area contributed by atoms with Crippen LogP contribution in [0.4, 0.5) is 5.69 Å². The predicted molar refractivity (Wildman–Crippen MR) is 138 cm³/mol. The second kappa shape index (κ2) is 12.7. The maximum atomic E-state index is 12.1. The number of nitro benzene ring substituents is 1. The van der Waals surface area contributed by atoms with Crippen LogP contribution in [0.2, 0.25) is 0 Å². The summed E-state index contributed by atoms with van der Waals surface area (Å²) in [7, 11) is 3.45. The molecule has 1 saturated heterocycles. The van der Waals surface area contributed by atoms with E-state index in [9.17, 15) is 14.9 Å². The number of piperazine rings is 1. The highest BCUT2D eigenvalue weighted by Gasteiger charge is 2.21. The van der Waals surface area contributed by atoms with Gasteiger partial charge in [0.2, 0.25) is 5.91 Å². The molecule has 9 nitrogen and oxygen atoms in total. The topological polar surface area (TPSA) is 94.3 Å². The van der Waals surface area contributed by atoms with Crippen LogP contribution in [0.25, 0.3) is 0 Å². The smallest absolute Gasteiger partial charge is 0.269 e. The zero-order chi connectivity index (χ0) is 22.2. The average Bonchev–Trinajstić information content (AvgIpc) is 3.27. The van der Waals surface area contributed by atoms with Crippen molar-refractivity contribution in [2.75, 3.05) is 46.8 Å². The molecule has 1 aliphatic rings. The van der Waals surface area contributed by atoms with E-state index in [0.717, 1.165) is 38.3 Å². The Morgan fingerprint density at radius 1 is 1.19 bits per heavy atom. The highest BCUT2D eigenvalue weighted by Crippen LogP contribution is 2.15. The molecule has 0 aliphatic carbocycles. The van der Waals surface area contributed by atoms with E-state index in [0.29, 0.717) is 12.5 Å². The van der Waals surface area contributed by atoms with Gasteiger partial charge in [-0.2, -0.15) is 0 Å². The number of hydrogen-bond acceptors (Lipinski definition) is 6. The molecule has 0 atom stereocenters. The summed E-state index contributed by atoms with van der Waals surface area (Å²) in [6, 6.07) is 10.6. The van der Waals surface area contributed by atoms with Crippen molar-refractivity contribution in [1.29, 1.82) is 0 Å². The lowest BCUT2D eigenvalue weighted by Gasteiger charge is -2.36. The van der Waals surface area contributed by atoms with Gasteiger partial charge in [-0.1, -0.05) is 18.2 Å². The fourth-order valence-electron chi connectivity index (χ4n) is 3.21. The number of carbonyl (C=O) groups excluding carboxylic acids is 1. The molecule has 0 radical (unpaired) electrons. The first kappa shape index (κ1) is 26.0. The third-order valence-electron chi connectivity index (χ3n) is 5.09. The first-order valence-electron chi connectivity index (χ1n) is 10.1. The minimum atomic E-state index is -0.414. The van der Waals surface area contributed by atoms with Crippen LogP contribution in [0.1, 0.15) is 10.4 Å². The van der Waals surface area contributed by atoms with Gasteiger partial charge in [0.15, 0.2) is 5.96 Å². The molecule has 1 fully saturated rings. The zero-order valence-corrected chi connectivity index (χ0v) is 21.4. The number of nitrogens with zero attached hydrogens (tertiary/aromatic N) is 5. The van der Waals surface area contributed by atoms with Crippen molar-refractivity contribution in [3.05, 3.63) is 62.3 Å². The summed E-state index contributed by atoms with van der Waals surface area (Å²) < 4.78 is 0. The highest BCUT2D eigenvalue weighted by atomic mass is 127. The van der Waals surface area contributed by atoms with Crippen LogP contribution in [0.15, 0.2) is 46.8 Å². The van der Waals surface area contributed by atoms with Gasteiger partial charge in [-0.3, -0.25) is 19.8 Å². The summed E-state index contributed by atoms with van der Waals surface area (Å²) in [6.07, 6.45) is 0. The van der Waals surface area contributed by atoms with E-state index in [2.05, 4.69) is 32.6 Å². The van der Waals surface area contributed by atoms with Crippen LogP contribution in [0.5, 0.6) is 0 Å². The van der Waals surface area contributed by atoms with E-state index in [-0.39, 0.29) is 42.1 Å². The number of benzene rings is 1. The zero-order valence-electron chi connectivity index (χ0n) is 18.3. The van der Waals surface area contributed by atoms with Gasteiger partial charge >= 0.3 is 0 Å². The minimum Gasteiger partial charge on any atom is -0.347 e. The number of likely N-dealkylation sites (N-methyl/N-ethyl adjacent to an activating group) is 1. The van der Waals surface area contributed by atoms with Crippen molar-refractivity contribution < 1.29 is 9.72 Å². The number of rotatable bonds is 7.